The summed E-state index contributed by atoms with van der Waals surface area (Å²) in [7, 11) is 0. The van der Waals surface area contributed by atoms with Crippen LogP contribution in [0.4, 0.5) is 5.69 Å². The number of aliphatic hydroxyl groups excluding tert-OH is 1. The third kappa shape index (κ3) is 3.66. The van der Waals surface area contributed by atoms with Gasteiger partial charge in [-0.1, -0.05) is 11.6 Å². The Kier molecular flexibility index (Phi) is 5.15. The van der Waals surface area contributed by atoms with Crippen molar-refractivity contribution >= 4 is 17.3 Å². The highest BCUT2D eigenvalue weighted by Gasteiger charge is 2.14. The van der Waals surface area contributed by atoms with Crippen molar-refractivity contribution in [2.45, 2.75) is 12.6 Å². The number of ether oxygens (including phenoxy) is 1. The van der Waals surface area contributed by atoms with Gasteiger partial charge in [0.15, 0.2) is 0 Å². The van der Waals surface area contributed by atoms with Gasteiger partial charge < -0.3 is 20.5 Å². The number of aliphatic hydroxyl groups is 1. The maximum absolute atomic E-state index is 11.8. The fourth-order valence-corrected chi connectivity index (χ4v) is 2.04. The Bertz CT molecular complexity index is 473. The minimum atomic E-state index is -0.409. The first-order valence-corrected chi connectivity index (χ1v) is 6.51. The maximum Gasteiger partial charge on any atom is 0.287 e. The predicted octanol–water partition coefficient (Wildman–Crippen LogP) is -0.711. The largest absolute Gasteiger partial charge is 0.394 e. The molecule has 0 bridgehead atoms. The highest BCUT2D eigenvalue weighted by molar-refractivity contribution is 6.32. The van der Waals surface area contributed by atoms with E-state index in [4.69, 9.17) is 21.4 Å². The Morgan fingerprint density at radius 2 is 2.53 bits per heavy atom. The molecule has 0 spiro atoms. The highest BCUT2D eigenvalue weighted by Crippen LogP contribution is 2.15. The predicted molar refractivity (Wildman–Crippen MR) is 71.7 cm³/mol. The van der Waals surface area contributed by atoms with Gasteiger partial charge in [0.2, 0.25) is 0 Å². The van der Waals surface area contributed by atoms with E-state index in [1.165, 1.54) is 6.20 Å². The quantitative estimate of drug-likeness (QED) is 0.663. The first-order chi connectivity index (χ1) is 9.22. The zero-order valence-electron chi connectivity index (χ0n) is 10.4. The Morgan fingerprint density at radius 1 is 1.68 bits per heavy atom. The van der Waals surface area contributed by atoms with Gasteiger partial charge in [-0.15, -0.1) is 0 Å². The first kappa shape index (κ1) is 14.3. The smallest absolute Gasteiger partial charge is 0.287 e. The van der Waals surface area contributed by atoms with Crippen LogP contribution in [0.2, 0.25) is 5.02 Å². The molecule has 2 heterocycles. The van der Waals surface area contributed by atoms with Crippen LogP contribution in [0.5, 0.6) is 0 Å². The topological polar surface area (TPSA) is 88.4 Å². The van der Waals surface area contributed by atoms with Crippen LogP contribution in [0.15, 0.2) is 11.0 Å². The molecule has 1 aromatic heterocycles. The summed E-state index contributed by atoms with van der Waals surface area (Å²) < 4.78 is 6.47. The van der Waals surface area contributed by atoms with Gasteiger partial charge in [-0.05, 0) is 0 Å². The molecule has 19 heavy (non-hydrogen) atoms. The van der Waals surface area contributed by atoms with Crippen LogP contribution < -0.4 is 16.2 Å². The fraction of sp³-hybridized carbons (Fsp3) is 0.636. The lowest BCUT2D eigenvalue weighted by Crippen LogP contribution is -2.45. The molecule has 106 valence electrons. The molecule has 8 heteroatoms. The fourth-order valence-electron chi connectivity index (χ4n) is 1.83. The van der Waals surface area contributed by atoms with Crippen LogP contribution in [0.25, 0.3) is 0 Å². The van der Waals surface area contributed by atoms with Gasteiger partial charge in [0.25, 0.3) is 5.56 Å². The second kappa shape index (κ2) is 6.85. The molecule has 1 aromatic rings. The summed E-state index contributed by atoms with van der Waals surface area (Å²) >= 11 is 5.98. The molecular weight excluding hydrogens is 272 g/mol. The molecule has 1 aliphatic heterocycles. The Morgan fingerprint density at radius 3 is 3.21 bits per heavy atom. The molecule has 0 aliphatic carbocycles. The lowest BCUT2D eigenvalue weighted by molar-refractivity contribution is 0.0806. The van der Waals surface area contributed by atoms with Crippen LogP contribution in [-0.2, 0) is 11.3 Å². The molecule has 0 aromatic carbocycles. The normalized spacial score (nSPS) is 19.4. The van der Waals surface area contributed by atoms with Crippen molar-refractivity contribution in [3.05, 3.63) is 21.6 Å². The first-order valence-electron chi connectivity index (χ1n) is 6.14. The van der Waals surface area contributed by atoms with Gasteiger partial charge in [0.05, 0.1) is 38.2 Å². The molecule has 0 radical (unpaired) electrons. The van der Waals surface area contributed by atoms with Gasteiger partial charge in [0, 0.05) is 19.1 Å². The number of rotatable bonds is 5. The van der Waals surface area contributed by atoms with Gasteiger partial charge in [-0.2, -0.15) is 5.10 Å². The minimum absolute atomic E-state index is 0.0835. The Labute approximate surface area is 115 Å². The standard InChI is InChI=1S/C11H17ClN4O3/c12-10-9(6-15-16(2-3-17)11(10)18)14-5-8-7-19-4-1-13-8/h6,8,13-14,17H,1-5,7H2. The lowest BCUT2D eigenvalue weighted by atomic mass is 10.2. The molecule has 1 saturated heterocycles. The number of anilines is 1. The molecule has 1 unspecified atom stereocenters. The van der Waals surface area contributed by atoms with E-state index in [1.807, 2.05) is 0 Å². The van der Waals surface area contributed by atoms with E-state index in [1.54, 1.807) is 0 Å². The van der Waals surface area contributed by atoms with E-state index < -0.39 is 5.56 Å². The average molecular weight is 289 g/mol. The number of halogens is 1. The monoisotopic (exact) mass is 288 g/mol. The van der Waals surface area contributed by atoms with Crippen LogP contribution in [0, 0.1) is 0 Å². The highest BCUT2D eigenvalue weighted by atomic mass is 35.5. The second-order valence-corrected chi connectivity index (χ2v) is 4.61. The van der Waals surface area contributed by atoms with E-state index in [0.29, 0.717) is 18.8 Å². The molecule has 3 N–H and O–H groups in total. The summed E-state index contributed by atoms with van der Waals surface area (Å²) in [5.74, 6) is 0. The molecule has 1 atom stereocenters. The molecule has 1 aliphatic rings. The van der Waals surface area contributed by atoms with Gasteiger partial charge in [0.1, 0.15) is 5.02 Å². The third-order valence-electron chi connectivity index (χ3n) is 2.83. The third-order valence-corrected chi connectivity index (χ3v) is 3.20. The number of morpholine rings is 1. The van der Waals surface area contributed by atoms with Crippen molar-refractivity contribution in [2.24, 2.45) is 0 Å². The average Bonchev–Trinajstić information content (AvgIpc) is 2.44. The molecule has 0 amide bonds. The molecule has 0 saturated carbocycles. The SMILES string of the molecule is O=c1c(Cl)c(NCC2COCCN2)cnn1CCO. The number of nitrogens with one attached hydrogen (secondary N) is 2. The van der Waals surface area contributed by atoms with Crippen LogP contribution in [0.3, 0.4) is 0 Å². The molecule has 7 nitrogen and oxygen atoms in total. The van der Waals surface area contributed by atoms with Crippen LogP contribution in [0.1, 0.15) is 0 Å². The summed E-state index contributed by atoms with van der Waals surface area (Å²) in [4.78, 5) is 11.8. The molecule has 1 fully saturated rings. The van der Waals surface area contributed by atoms with Crippen molar-refractivity contribution in [3.8, 4) is 0 Å². The Balaban J connectivity index is 2.00. The maximum atomic E-state index is 11.8. The summed E-state index contributed by atoms with van der Waals surface area (Å²) in [5.41, 5.74) is 0.0850. The molecule has 2 rings (SSSR count). The van der Waals surface area contributed by atoms with Gasteiger partial charge in [-0.25, -0.2) is 4.68 Å². The number of hydrogen-bond donors (Lipinski definition) is 3. The number of nitrogens with zero attached hydrogens (tertiary/aromatic N) is 2. The van der Waals surface area contributed by atoms with Crippen molar-refractivity contribution in [2.75, 3.05) is 38.2 Å². The molecular formula is C11H17ClN4O3. The zero-order valence-corrected chi connectivity index (χ0v) is 11.2. The van der Waals surface area contributed by atoms with Crippen molar-refractivity contribution in [1.29, 1.82) is 0 Å². The van der Waals surface area contributed by atoms with Gasteiger partial charge >= 0.3 is 0 Å². The zero-order chi connectivity index (χ0) is 13.7. The second-order valence-electron chi connectivity index (χ2n) is 4.23. The minimum Gasteiger partial charge on any atom is -0.394 e. The lowest BCUT2D eigenvalue weighted by Gasteiger charge is -2.24. The Hall–Kier alpha value is -1.15. The van der Waals surface area contributed by atoms with E-state index in [-0.39, 0.29) is 24.2 Å². The van der Waals surface area contributed by atoms with Crippen LogP contribution in [-0.4, -0.2) is 53.8 Å². The van der Waals surface area contributed by atoms with E-state index >= 15 is 0 Å². The van der Waals surface area contributed by atoms with E-state index in [0.717, 1.165) is 17.8 Å². The van der Waals surface area contributed by atoms with E-state index in [2.05, 4.69) is 15.7 Å². The summed E-state index contributed by atoms with van der Waals surface area (Å²) in [6.45, 7) is 2.74. The number of hydrogen-bond acceptors (Lipinski definition) is 6. The van der Waals surface area contributed by atoms with E-state index in [9.17, 15) is 4.79 Å². The van der Waals surface area contributed by atoms with Crippen molar-refractivity contribution < 1.29 is 9.84 Å². The van der Waals surface area contributed by atoms with Crippen molar-refractivity contribution in [1.82, 2.24) is 15.1 Å². The number of aromatic nitrogens is 2. The summed E-state index contributed by atoms with van der Waals surface area (Å²) in [6.07, 6.45) is 1.49. The van der Waals surface area contributed by atoms with Crippen molar-refractivity contribution in [3.63, 3.8) is 0 Å². The summed E-state index contributed by atoms with van der Waals surface area (Å²) in [6, 6.07) is 0.185. The van der Waals surface area contributed by atoms with Gasteiger partial charge in [-0.3, -0.25) is 4.79 Å². The summed E-state index contributed by atoms with van der Waals surface area (Å²) in [5, 5.41) is 19.2. The van der Waals surface area contributed by atoms with Crippen LogP contribution >= 0.6 is 11.6 Å².